The van der Waals surface area contributed by atoms with Gasteiger partial charge in [-0.15, -0.1) is 5.10 Å². The van der Waals surface area contributed by atoms with Gasteiger partial charge >= 0.3 is 6.18 Å². The molecule has 8 fully saturated rings. The summed E-state index contributed by atoms with van der Waals surface area (Å²) in [5.74, 6) is 10.5. The van der Waals surface area contributed by atoms with Crippen LogP contribution in [0.15, 0.2) is 164 Å². The highest BCUT2D eigenvalue weighted by Crippen LogP contribution is 2.55. The fraction of sp³-hybridized carbons (Fsp3) is 0.505. The summed E-state index contributed by atoms with van der Waals surface area (Å²) in [4.78, 5) is 86.5. The number of nitrogen functional groups attached to an aromatic ring is 5. The molecule has 137 heavy (non-hydrogen) atoms. The Morgan fingerprint density at radius 1 is 0.394 bits per heavy atom. The van der Waals surface area contributed by atoms with Gasteiger partial charge in [0.1, 0.15) is 89.5 Å². The number of anilines is 11. The van der Waals surface area contributed by atoms with E-state index in [2.05, 4.69) is 135 Å². The van der Waals surface area contributed by atoms with E-state index >= 15 is 0 Å². The number of aliphatic imine (C=N–C) groups is 2. The molecule has 0 amide bonds. The van der Waals surface area contributed by atoms with Crippen LogP contribution in [0, 0.1) is 34.0 Å². The van der Waals surface area contributed by atoms with Crippen molar-refractivity contribution in [1.29, 1.82) is 0 Å². The molecule has 0 radical (unpaired) electrons. The number of halogens is 8. The number of nitrogens with zero attached hydrogens (tertiary/aromatic N) is 24. The van der Waals surface area contributed by atoms with E-state index in [1.165, 1.54) is 155 Å². The lowest BCUT2D eigenvalue weighted by atomic mass is 9.71. The quantitative estimate of drug-likeness (QED) is 0.0561. The molecule has 44 heteroatoms. The van der Waals surface area contributed by atoms with Gasteiger partial charge in [0.15, 0.2) is 51.7 Å². The Bertz CT molecular complexity index is 5840. The van der Waals surface area contributed by atoms with Crippen molar-refractivity contribution in [2.45, 2.75) is 223 Å². The van der Waals surface area contributed by atoms with Gasteiger partial charge in [0.05, 0.1) is 57.1 Å². The Labute approximate surface area is 842 Å². The average Bonchev–Trinajstić information content (AvgIpc) is 1.70. The molecule has 0 bridgehead atoms. The maximum Gasteiger partial charge on any atom is 0.434 e. The maximum atomic E-state index is 13.1. The molecule has 5 saturated heterocycles. The molecule has 10 aliphatic rings. The SMILES string of the molecule is CC1=NC2(CCN(c3cnc(Sc4cccnc4C(F)(F)F)c(N)n3)CC2)CO1.CC1=NC2(CCN(c3cnc(Sc4ccnc(Cl)c4Cl)c(N)n3)CC2)CO1.C[C@@H]1CCCC12CCN(c1cnc(Sc3ccnc(N(C)C)c3Cl)c(N)n1)CC2.C[C@@H]1CCCC12CCN(c1cnc(Sc3ccncc3Cl)c(N)n1)CC2.C[C@@H]1CCCC12CCN(c1cnc(Sc3ccnnc3Cl)c(N)n1)CC2. The highest BCUT2D eigenvalue weighted by atomic mass is 35.5. The largest absolute Gasteiger partial charge is 0.479 e. The summed E-state index contributed by atoms with van der Waals surface area (Å²) in [5, 5.41) is 12.5. The highest BCUT2D eigenvalue weighted by molar-refractivity contribution is 8.00. The van der Waals surface area contributed by atoms with E-state index < -0.39 is 11.9 Å². The van der Waals surface area contributed by atoms with Gasteiger partial charge in [-0.1, -0.05) is 176 Å². The Morgan fingerprint density at radius 2 is 0.745 bits per heavy atom. The number of rotatable bonds is 16. The molecule has 3 aliphatic carbocycles. The standard InChI is InChI=1S/C21H29ClN6S.C19H24ClN5S.C18H23ClN6S.C18H19F3N6OS.C17H18Cl2N6OS/c1-14-5-4-7-21(14)8-11-28(12-9-21)16-13-25-20(18(23)26-16)29-15-6-10-24-19(17(15)22)27(2)3;1-13-3-2-5-19(13)6-9-25(10-7-19)16-12-23-18(17(21)24-16)26-15-4-8-22-11-14(15)20;1-12-3-2-5-18(12)6-9-25(10-7-18)14-11-21-17(16(20)23-14)26-13-4-8-22-24-15(13)19;1-11-26-17(10-28-11)4-7-27(8-5-17)13-9-24-16(15(22)25-13)29-12-3-2-6-23-14(12)18(19,20)21;1-10-24-17(9-26-10)3-6-25(7-4-17)12-8-22-16(15(20)23-12)27-11-2-5-21-14(19)13(11)18/h6,10,13-14H,4-5,7-9,11-12H2,1-3H3,(H2,23,26);4,8,11-13H,2-3,5-7,9-10H2,1H3,(H2,21,24);4,8,11-12H,2-3,5-7,9-10H2,1H3,(H2,20,23);2-3,6,9H,4-5,7-8,10H2,1H3,(H2,22,25);2,5,8H,3-4,6-7,9H2,1H3,(H2,20,23)/t14-;13-;12-;;/m111../s1. The smallest absolute Gasteiger partial charge is 0.434 e. The number of aromatic nitrogens is 16. The minimum atomic E-state index is -4.56. The van der Waals surface area contributed by atoms with E-state index in [9.17, 15) is 13.2 Å². The predicted molar refractivity (Wildman–Crippen MR) is 543 cm³/mol. The van der Waals surface area contributed by atoms with Crippen LogP contribution in [-0.2, 0) is 15.7 Å². The molecule has 3 saturated carbocycles. The Kier molecular flexibility index (Phi) is 32.3. The fourth-order valence-electron chi connectivity index (χ4n) is 20.2. The van der Waals surface area contributed by atoms with Crippen molar-refractivity contribution in [3.63, 3.8) is 0 Å². The van der Waals surface area contributed by atoms with E-state index in [1.54, 1.807) is 55.5 Å². The molecule has 20 rings (SSSR count). The van der Waals surface area contributed by atoms with E-state index in [0.717, 1.165) is 187 Å². The van der Waals surface area contributed by atoms with Gasteiger partial charge in [-0.2, -0.15) is 18.3 Å². The second-order valence-electron chi connectivity index (χ2n) is 36.9. The molecule has 10 N–H and O–H groups in total. The Balaban J connectivity index is 0.000000124. The lowest BCUT2D eigenvalue weighted by Gasteiger charge is -2.42. The fourth-order valence-corrected chi connectivity index (χ4v) is 25.4. The average molecular weight is 2060 g/mol. The van der Waals surface area contributed by atoms with Crippen LogP contribution in [0.3, 0.4) is 0 Å². The van der Waals surface area contributed by atoms with Crippen LogP contribution < -0.4 is 58.1 Å². The summed E-state index contributed by atoms with van der Waals surface area (Å²) >= 11 is 37.2. The van der Waals surface area contributed by atoms with Gasteiger partial charge in [-0.25, -0.2) is 69.8 Å². The van der Waals surface area contributed by atoms with Gasteiger partial charge in [0, 0.05) is 144 Å². The van der Waals surface area contributed by atoms with Gasteiger partial charge in [0.25, 0.3) is 0 Å². The summed E-state index contributed by atoms with van der Waals surface area (Å²) in [6, 6.07) is 10.1. The molecule has 728 valence electrons. The first-order valence-corrected chi connectivity index (χ1v) is 52.1. The zero-order valence-corrected chi connectivity index (χ0v) is 85.3. The molecule has 10 aromatic heterocycles. The first kappa shape index (κ1) is 101. The van der Waals surface area contributed by atoms with E-state index in [0.29, 0.717) is 98.9 Å². The topological polar surface area (TPSA) is 399 Å². The highest BCUT2D eigenvalue weighted by Gasteiger charge is 2.47. The molecule has 7 aliphatic heterocycles. The van der Waals surface area contributed by atoms with Crippen molar-refractivity contribution in [3.05, 3.63) is 136 Å². The molecule has 0 unspecified atom stereocenters. The lowest BCUT2D eigenvalue weighted by Crippen LogP contribution is -2.44. The minimum absolute atomic E-state index is 0.0665. The van der Waals surface area contributed by atoms with E-state index in [-0.39, 0.29) is 32.0 Å². The number of nitrogens with two attached hydrogens (primary N) is 5. The number of ether oxygens (including phenoxy) is 2. The Hall–Kier alpha value is -9.19. The summed E-state index contributed by atoms with van der Waals surface area (Å²) < 4.78 is 50.5. The van der Waals surface area contributed by atoms with Crippen molar-refractivity contribution in [3.8, 4) is 0 Å². The van der Waals surface area contributed by atoms with Gasteiger partial charge < -0.3 is 67.5 Å². The number of hydrogen-bond acceptors (Lipinski definition) is 36. The Morgan fingerprint density at radius 3 is 1.09 bits per heavy atom. The molecular formula is C93H113Cl5F3N29O2S5. The summed E-state index contributed by atoms with van der Waals surface area (Å²) in [7, 11) is 3.83. The monoisotopic (exact) mass is 2060 g/mol. The first-order chi connectivity index (χ1) is 65.8. The van der Waals surface area contributed by atoms with Gasteiger partial charge in [-0.05, 0) is 154 Å². The van der Waals surface area contributed by atoms with Crippen molar-refractivity contribution < 1.29 is 22.6 Å². The maximum absolute atomic E-state index is 13.1. The predicted octanol–water partition coefficient (Wildman–Crippen LogP) is 20.6. The van der Waals surface area contributed by atoms with Gasteiger partial charge in [-0.3, -0.25) is 9.97 Å². The third-order valence-corrected chi connectivity index (χ3v) is 36.0. The van der Waals surface area contributed by atoms with Crippen molar-refractivity contribution in [1.82, 2.24) is 80.0 Å². The third-order valence-electron chi connectivity index (χ3n) is 28.5. The molecule has 10 aromatic rings. The van der Waals surface area contributed by atoms with Crippen LogP contribution >= 0.6 is 117 Å². The van der Waals surface area contributed by atoms with Crippen LogP contribution in [0.5, 0.6) is 0 Å². The normalized spacial score (nSPS) is 20.4. The van der Waals surface area contributed by atoms with Crippen LogP contribution in [0.1, 0.15) is 162 Å². The summed E-state index contributed by atoms with van der Waals surface area (Å²) in [6.07, 6.45) is 37.0. The second kappa shape index (κ2) is 43.9. The number of alkyl halides is 3. The van der Waals surface area contributed by atoms with Crippen LogP contribution in [0.4, 0.5) is 77.2 Å². The van der Waals surface area contributed by atoms with Crippen LogP contribution in [-0.4, -0.2) is 196 Å². The zero-order valence-electron chi connectivity index (χ0n) is 77.5. The molecule has 17 heterocycles. The van der Waals surface area contributed by atoms with Crippen LogP contribution in [0.25, 0.3) is 0 Å². The first-order valence-electron chi connectivity index (χ1n) is 46.1. The van der Waals surface area contributed by atoms with Gasteiger partial charge in [0.2, 0.25) is 0 Å². The summed E-state index contributed by atoms with van der Waals surface area (Å²) in [6.45, 7) is 21.7. The number of hydrogen-bond donors (Lipinski definition) is 5. The molecular weight excluding hydrogens is 1950 g/mol. The minimum Gasteiger partial charge on any atom is -0.479 e. The molecule has 0 aromatic carbocycles. The second-order valence-corrected chi connectivity index (χ2v) is 43.9. The van der Waals surface area contributed by atoms with Crippen LogP contribution in [0.2, 0.25) is 25.4 Å². The molecule has 3 atom stereocenters. The van der Waals surface area contributed by atoms with Crippen molar-refractivity contribution in [2.75, 3.05) is 151 Å². The van der Waals surface area contributed by atoms with Crippen molar-refractivity contribution in [2.24, 2.45) is 44.0 Å². The summed E-state index contributed by atoms with van der Waals surface area (Å²) in [5.41, 5.74) is 31.2. The number of piperidine rings is 5. The van der Waals surface area contributed by atoms with E-state index in [1.807, 2.05) is 63.6 Å². The van der Waals surface area contributed by atoms with E-state index in [4.69, 9.17) is 96.1 Å². The lowest BCUT2D eigenvalue weighted by molar-refractivity contribution is -0.143. The molecule has 31 nitrogen and oxygen atoms in total. The number of pyridine rings is 4. The van der Waals surface area contributed by atoms with Crippen molar-refractivity contribution >= 4 is 193 Å². The zero-order chi connectivity index (χ0) is 96.6. The molecule has 5 spiro atoms. The third kappa shape index (κ3) is 23.8.